The van der Waals surface area contributed by atoms with Crippen LogP contribution in [0.5, 0.6) is 5.75 Å². The second-order valence-corrected chi connectivity index (χ2v) is 3.09. The summed E-state index contributed by atoms with van der Waals surface area (Å²) in [6.45, 7) is 7.51. The summed E-state index contributed by atoms with van der Waals surface area (Å²) in [5.74, 6) is 1.03. The molecule has 1 aromatic carbocycles. The minimum atomic E-state index is 0. The molecule has 0 radical (unpaired) electrons. The molecule has 0 aromatic heterocycles. The van der Waals surface area contributed by atoms with E-state index in [1.54, 1.807) is 0 Å². The van der Waals surface area contributed by atoms with E-state index in [0.29, 0.717) is 11.6 Å². The van der Waals surface area contributed by atoms with E-state index in [0.717, 1.165) is 12.1 Å². The maximum Gasteiger partial charge on any atom is 0.237 e. The summed E-state index contributed by atoms with van der Waals surface area (Å²) in [6, 6.07) is 7.71. The summed E-state index contributed by atoms with van der Waals surface area (Å²) in [7, 11) is 1.89. The van der Waals surface area contributed by atoms with Crippen molar-refractivity contribution in [2.75, 3.05) is 7.05 Å². The van der Waals surface area contributed by atoms with Gasteiger partial charge in [-0.3, -0.25) is 4.99 Å². The Morgan fingerprint density at radius 2 is 2.38 bits per heavy atom. The van der Waals surface area contributed by atoms with Crippen molar-refractivity contribution < 1.29 is 6.16 Å². The fraction of sp³-hybridized carbons (Fsp3) is 0.167. The van der Waals surface area contributed by atoms with E-state index < -0.39 is 0 Å². The van der Waals surface area contributed by atoms with Gasteiger partial charge in [-0.1, -0.05) is 12.1 Å². The topological polar surface area (TPSA) is 46.0 Å². The summed E-state index contributed by atoms with van der Waals surface area (Å²) in [5.41, 5.74) is 1.13. The van der Waals surface area contributed by atoms with Crippen LogP contribution in [0.15, 0.2) is 46.3 Å². The minimum absolute atomic E-state index is 0. The molecule has 0 aliphatic rings. The van der Waals surface area contributed by atoms with E-state index in [2.05, 4.69) is 28.7 Å². The van der Waals surface area contributed by atoms with E-state index in [9.17, 15) is 0 Å². The predicted molar refractivity (Wildman–Crippen MR) is 69.1 cm³/mol. The lowest BCUT2D eigenvalue weighted by atomic mass is 10.2. The second kappa shape index (κ2) is 6.53. The molecule has 0 atom stereocenters. The van der Waals surface area contributed by atoms with Crippen LogP contribution in [0.1, 0.15) is 6.99 Å². The zero-order chi connectivity index (χ0) is 11.8. The number of nitrogens with one attached hydrogen (secondary N) is 1. The highest BCUT2D eigenvalue weighted by atomic mass is 16.5. The molecule has 4 nitrogen and oxygen atoms in total. The van der Waals surface area contributed by atoms with Crippen LogP contribution >= 0.6 is 0 Å². The van der Waals surface area contributed by atoms with Gasteiger partial charge in [0.2, 0.25) is 5.88 Å². The number of hydrogen-bond acceptors (Lipinski definition) is 4. The van der Waals surface area contributed by atoms with Gasteiger partial charge in [-0.05, 0) is 38.2 Å². The molecule has 0 saturated heterocycles. The maximum absolute atomic E-state index is 5.46. The third-order valence-corrected chi connectivity index (χ3v) is 1.86. The molecule has 0 aliphatic carbocycles. The van der Waals surface area contributed by atoms with Crippen molar-refractivity contribution in [2.24, 2.45) is 9.98 Å². The molecule has 0 aliphatic heterocycles. The number of aliphatic imine (C=N–C) groups is 2. The SMILES string of the molecule is C=N/C=C(\N=C)Oc1cccc(CNC)c1.[HH]. The Bertz CT molecular complexity index is 404. The van der Waals surface area contributed by atoms with Gasteiger partial charge in [-0.15, -0.1) is 0 Å². The van der Waals surface area contributed by atoms with Gasteiger partial charge in [-0.25, -0.2) is 4.99 Å². The summed E-state index contributed by atoms with van der Waals surface area (Å²) < 4.78 is 5.46. The van der Waals surface area contributed by atoms with Gasteiger partial charge in [0, 0.05) is 7.97 Å². The van der Waals surface area contributed by atoms with Gasteiger partial charge in [0.05, 0.1) is 6.20 Å². The average molecular weight is 219 g/mol. The number of hydrogen-bond donors (Lipinski definition) is 1. The Morgan fingerprint density at radius 1 is 1.56 bits per heavy atom. The van der Waals surface area contributed by atoms with Crippen LogP contribution in [0.25, 0.3) is 0 Å². The monoisotopic (exact) mass is 219 g/mol. The standard InChI is InChI=1S/C12H15N3O.H2/c1-13-8-10-5-4-6-11(7-10)16-12(15-3)9-14-2;/h4-7,9,13H,2-3,8H2,1H3;1H/b12-9+;. The molecule has 0 bridgehead atoms. The van der Waals surface area contributed by atoms with Crippen LogP contribution < -0.4 is 10.1 Å². The van der Waals surface area contributed by atoms with Crippen molar-refractivity contribution in [3.63, 3.8) is 0 Å². The summed E-state index contributed by atoms with van der Waals surface area (Å²) in [5, 5.41) is 3.07. The minimum Gasteiger partial charge on any atom is -0.438 e. The zero-order valence-corrected chi connectivity index (χ0v) is 9.31. The lowest BCUT2D eigenvalue weighted by Gasteiger charge is -2.06. The molecule has 0 spiro atoms. The maximum atomic E-state index is 5.46. The number of rotatable bonds is 6. The predicted octanol–water partition coefficient (Wildman–Crippen LogP) is 2.23. The molecule has 0 fully saturated rings. The average Bonchev–Trinajstić information content (AvgIpc) is 2.29. The van der Waals surface area contributed by atoms with Crippen molar-refractivity contribution in [2.45, 2.75) is 6.54 Å². The highest BCUT2D eigenvalue weighted by Gasteiger charge is 1.99. The Balaban J connectivity index is 0.00000256. The third-order valence-electron chi connectivity index (χ3n) is 1.86. The molecular weight excluding hydrogens is 202 g/mol. The van der Waals surface area contributed by atoms with Crippen LogP contribution in [-0.4, -0.2) is 20.5 Å². The Morgan fingerprint density at radius 3 is 3.00 bits per heavy atom. The van der Waals surface area contributed by atoms with Gasteiger partial charge in [0.25, 0.3) is 0 Å². The molecule has 1 N–H and O–H groups in total. The van der Waals surface area contributed by atoms with Gasteiger partial charge in [0.15, 0.2) is 0 Å². The van der Waals surface area contributed by atoms with Crippen LogP contribution in [0.3, 0.4) is 0 Å². The summed E-state index contributed by atoms with van der Waals surface area (Å²) in [6.07, 6.45) is 1.41. The zero-order valence-electron chi connectivity index (χ0n) is 9.31. The molecule has 86 valence electrons. The molecule has 1 aromatic rings. The van der Waals surface area contributed by atoms with Gasteiger partial charge < -0.3 is 10.1 Å². The Kier molecular flexibility index (Phi) is 4.95. The highest BCUT2D eigenvalue weighted by molar-refractivity contribution is 5.33. The Labute approximate surface area is 96.9 Å². The quantitative estimate of drug-likeness (QED) is 0.589. The number of nitrogens with zero attached hydrogens (tertiary/aromatic N) is 2. The van der Waals surface area contributed by atoms with E-state index in [1.807, 2.05) is 31.3 Å². The molecule has 4 heteroatoms. The summed E-state index contributed by atoms with van der Waals surface area (Å²) >= 11 is 0. The fourth-order valence-electron chi connectivity index (χ4n) is 1.22. The van der Waals surface area contributed by atoms with Gasteiger partial charge >= 0.3 is 0 Å². The van der Waals surface area contributed by atoms with Crippen molar-refractivity contribution in [3.8, 4) is 5.75 Å². The van der Waals surface area contributed by atoms with Gasteiger partial charge in [-0.2, -0.15) is 0 Å². The Hall–Kier alpha value is -1.94. The molecule has 0 heterocycles. The van der Waals surface area contributed by atoms with E-state index >= 15 is 0 Å². The second-order valence-electron chi connectivity index (χ2n) is 3.09. The first-order valence-electron chi connectivity index (χ1n) is 4.84. The van der Waals surface area contributed by atoms with Crippen molar-refractivity contribution in [1.82, 2.24) is 5.32 Å². The van der Waals surface area contributed by atoms with Crippen LogP contribution in [0, 0.1) is 0 Å². The molecular formula is C12H17N3O. The highest BCUT2D eigenvalue weighted by Crippen LogP contribution is 2.16. The first-order valence-corrected chi connectivity index (χ1v) is 4.84. The lowest BCUT2D eigenvalue weighted by molar-refractivity contribution is 0.420. The fourth-order valence-corrected chi connectivity index (χ4v) is 1.22. The van der Waals surface area contributed by atoms with Crippen LogP contribution in [0.4, 0.5) is 0 Å². The van der Waals surface area contributed by atoms with Crippen LogP contribution in [-0.2, 0) is 6.54 Å². The molecule has 16 heavy (non-hydrogen) atoms. The largest absolute Gasteiger partial charge is 0.438 e. The number of benzene rings is 1. The number of ether oxygens (including phenoxy) is 1. The molecule has 0 amide bonds. The van der Waals surface area contributed by atoms with E-state index in [4.69, 9.17) is 4.74 Å². The van der Waals surface area contributed by atoms with E-state index in [-0.39, 0.29) is 1.43 Å². The molecule has 0 unspecified atom stereocenters. The van der Waals surface area contributed by atoms with Crippen LogP contribution in [0.2, 0.25) is 0 Å². The first-order chi connectivity index (χ1) is 7.80. The lowest BCUT2D eigenvalue weighted by Crippen LogP contribution is -2.04. The smallest absolute Gasteiger partial charge is 0.237 e. The third kappa shape index (κ3) is 3.67. The normalized spacial score (nSPS) is 10.9. The van der Waals surface area contributed by atoms with E-state index in [1.165, 1.54) is 6.20 Å². The molecule has 1 rings (SSSR count). The molecule has 0 saturated carbocycles. The first kappa shape index (κ1) is 12.1. The van der Waals surface area contributed by atoms with Gasteiger partial charge in [0.1, 0.15) is 5.75 Å². The van der Waals surface area contributed by atoms with Crippen molar-refractivity contribution in [1.29, 1.82) is 0 Å². The van der Waals surface area contributed by atoms with Crippen molar-refractivity contribution >= 4 is 13.4 Å². The van der Waals surface area contributed by atoms with Crippen molar-refractivity contribution in [3.05, 3.63) is 41.9 Å². The summed E-state index contributed by atoms with van der Waals surface area (Å²) in [4.78, 5) is 7.27.